The van der Waals surface area contributed by atoms with Crippen molar-refractivity contribution in [3.05, 3.63) is 65.2 Å². The predicted octanol–water partition coefficient (Wildman–Crippen LogP) is 4.98. The Hall–Kier alpha value is -2.51. The standard InChI is InChI=1S/C30H39F2N3O2/c1-19-5-10-26(29(32)13-19)27-17-33(25-11-12-37-22(4)14-25)18-28(27)30(36)34-15-20(2)35(21(3)16-34)24-8-6-23(31)7-9-24/h5-10,13,20-22,25,27-28H,11-12,14-18H2,1-4H3/t20-,21+,22-,25+,27+,28?/m1/s1. The number of likely N-dealkylation sites (tertiary alicyclic amines) is 1. The molecule has 3 heterocycles. The molecule has 2 aromatic rings. The topological polar surface area (TPSA) is 36.0 Å². The van der Waals surface area contributed by atoms with E-state index in [2.05, 4.69) is 30.6 Å². The Morgan fingerprint density at radius 1 is 0.946 bits per heavy atom. The quantitative estimate of drug-likeness (QED) is 0.580. The fourth-order valence-corrected chi connectivity index (χ4v) is 6.80. The molecule has 3 aliphatic heterocycles. The van der Waals surface area contributed by atoms with Gasteiger partial charge in [-0.05, 0) is 82.0 Å². The van der Waals surface area contributed by atoms with E-state index >= 15 is 4.39 Å². The SMILES string of the molecule is Cc1ccc([C@@H]2CN([C@H]3CCO[C@H](C)C3)CC2C(=O)N2C[C@@H](C)N(c3ccc(F)cc3)[C@@H](C)C2)c(F)c1. The van der Waals surface area contributed by atoms with Crippen molar-refractivity contribution < 1.29 is 18.3 Å². The van der Waals surface area contributed by atoms with E-state index in [0.717, 1.165) is 30.7 Å². The maximum Gasteiger partial charge on any atom is 0.227 e. The molecule has 3 aliphatic rings. The van der Waals surface area contributed by atoms with Crippen molar-refractivity contribution in [1.82, 2.24) is 9.80 Å². The number of nitrogens with zero attached hydrogens (tertiary/aromatic N) is 3. The summed E-state index contributed by atoms with van der Waals surface area (Å²) in [6.45, 7) is 11.5. The monoisotopic (exact) mass is 511 g/mol. The average Bonchev–Trinajstić information content (AvgIpc) is 3.29. The molecule has 37 heavy (non-hydrogen) atoms. The van der Waals surface area contributed by atoms with Crippen LogP contribution >= 0.6 is 0 Å². The normalized spacial score (nSPS) is 31.1. The van der Waals surface area contributed by atoms with Gasteiger partial charge in [-0.3, -0.25) is 9.69 Å². The largest absolute Gasteiger partial charge is 0.378 e. The van der Waals surface area contributed by atoms with Crippen LogP contribution in [0.5, 0.6) is 0 Å². The number of hydrogen-bond acceptors (Lipinski definition) is 4. The fourth-order valence-electron chi connectivity index (χ4n) is 6.80. The molecule has 0 aliphatic carbocycles. The minimum Gasteiger partial charge on any atom is -0.378 e. The first kappa shape index (κ1) is 26.1. The lowest BCUT2D eigenvalue weighted by molar-refractivity contribution is -0.137. The summed E-state index contributed by atoms with van der Waals surface area (Å²) >= 11 is 0. The number of carbonyl (C=O) groups excluding carboxylic acids is 1. The summed E-state index contributed by atoms with van der Waals surface area (Å²) in [5.41, 5.74) is 2.50. The number of rotatable bonds is 4. The van der Waals surface area contributed by atoms with Crippen molar-refractivity contribution in [2.24, 2.45) is 5.92 Å². The van der Waals surface area contributed by atoms with E-state index in [-0.39, 0.29) is 47.6 Å². The molecule has 5 rings (SSSR count). The molecule has 5 nitrogen and oxygen atoms in total. The molecule has 0 saturated carbocycles. The van der Waals surface area contributed by atoms with Crippen LogP contribution in [0.15, 0.2) is 42.5 Å². The predicted molar refractivity (Wildman–Crippen MR) is 142 cm³/mol. The van der Waals surface area contributed by atoms with Gasteiger partial charge >= 0.3 is 0 Å². The van der Waals surface area contributed by atoms with Gasteiger partial charge in [-0.15, -0.1) is 0 Å². The summed E-state index contributed by atoms with van der Waals surface area (Å²) in [4.78, 5) is 20.8. The minimum atomic E-state index is -0.285. The van der Waals surface area contributed by atoms with Crippen LogP contribution in [0.3, 0.4) is 0 Å². The summed E-state index contributed by atoms with van der Waals surface area (Å²) in [7, 11) is 0. The Kier molecular flexibility index (Phi) is 7.55. The molecule has 2 aromatic carbocycles. The second-order valence-corrected chi connectivity index (χ2v) is 11.4. The van der Waals surface area contributed by atoms with E-state index in [1.165, 1.54) is 12.1 Å². The van der Waals surface area contributed by atoms with Crippen molar-refractivity contribution in [3.8, 4) is 0 Å². The molecule has 6 atom stereocenters. The second-order valence-electron chi connectivity index (χ2n) is 11.4. The Morgan fingerprint density at radius 2 is 1.65 bits per heavy atom. The maximum atomic E-state index is 15.2. The number of carbonyl (C=O) groups is 1. The second kappa shape index (κ2) is 10.7. The van der Waals surface area contributed by atoms with Crippen molar-refractivity contribution in [2.45, 2.75) is 70.7 Å². The zero-order chi connectivity index (χ0) is 26.3. The van der Waals surface area contributed by atoms with Crippen LogP contribution in [0, 0.1) is 24.5 Å². The first-order chi connectivity index (χ1) is 17.7. The Bertz CT molecular complexity index is 1100. The van der Waals surface area contributed by atoms with Gasteiger partial charge in [0.05, 0.1) is 12.0 Å². The van der Waals surface area contributed by atoms with Gasteiger partial charge in [-0.2, -0.15) is 0 Å². The maximum absolute atomic E-state index is 15.2. The first-order valence-corrected chi connectivity index (χ1v) is 13.7. The lowest BCUT2D eigenvalue weighted by Gasteiger charge is -2.46. The van der Waals surface area contributed by atoms with E-state index in [4.69, 9.17) is 4.74 Å². The molecule has 0 bridgehead atoms. The third kappa shape index (κ3) is 5.39. The van der Waals surface area contributed by atoms with Crippen molar-refractivity contribution >= 4 is 11.6 Å². The summed E-state index contributed by atoms with van der Waals surface area (Å²) < 4.78 is 34.5. The van der Waals surface area contributed by atoms with Gasteiger partial charge in [-0.25, -0.2) is 8.78 Å². The molecule has 0 aromatic heterocycles. The van der Waals surface area contributed by atoms with E-state index < -0.39 is 0 Å². The molecule has 1 amide bonds. The van der Waals surface area contributed by atoms with E-state index in [9.17, 15) is 9.18 Å². The van der Waals surface area contributed by atoms with Gasteiger partial charge in [-0.1, -0.05) is 12.1 Å². The smallest absolute Gasteiger partial charge is 0.227 e. The zero-order valence-electron chi connectivity index (χ0n) is 22.4. The van der Waals surface area contributed by atoms with Gasteiger partial charge in [0.15, 0.2) is 0 Å². The highest BCUT2D eigenvalue weighted by Crippen LogP contribution is 2.39. The number of aryl methyl sites for hydroxylation is 1. The van der Waals surface area contributed by atoms with Gasteiger partial charge in [0.2, 0.25) is 5.91 Å². The van der Waals surface area contributed by atoms with Crippen LogP contribution in [0.1, 0.15) is 50.7 Å². The zero-order valence-corrected chi connectivity index (χ0v) is 22.4. The third-order valence-corrected chi connectivity index (χ3v) is 8.55. The highest BCUT2D eigenvalue weighted by Gasteiger charge is 2.45. The Balaban J connectivity index is 1.37. The van der Waals surface area contributed by atoms with E-state index in [1.807, 2.05) is 24.0 Å². The molecule has 7 heteroatoms. The minimum absolute atomic E-state index is 0.0848. The number of halogens is 2. The molecule has 0 N–H and O–H groups in total. The van der Waals surface area contributed by atoms with Crippen LogP contribution in [0.2, 0.25) is 0 Å². The Labute approximate surface area is 219 Å². The summed E-state index contributed by atoms with van der Waals surface area (Å²) in [6, 6.07) is 12.5. The van der Waals surface area contributed by atoms with Crippen LogP contribution < -0.4 is 4.90 Å². The van der Waals surface area contributed by atoms with E-state index in [1.54, 1.807) is 18.2 Å². The number of anilines is 1. The Morgan fingerprint density at radius 3 is 2.30 bits per heavy atom. The molecular weight excluding hydrogens is 472 g/mol. The first-order valence-electron chi connectivity index (χ1n) is 13.7. The van der Waals surface area contributed by atoms with Crippen LogP contribution in [0.25, 0.3) is 0 Å². The summed E-state index contributed by atoms with van der Waals surface area (Å²) in [5, 5.41) is 0. The molecule has 200 valence electrons. The average molecular weight is 512 g/mol. The fraction of sp³-hybridized carbons (Fsp3) is 0.567. The molecular formula is C30H39F2N3O2. The van der Waals surface area contributed by atoms with Crippen molar-refractivity contribution in [3.63, 3.8) is 0 Å². The third-order valence-electron chi connectivity index (χ3n) is 8.55. The highest BCUT2D eigenvalue weighted by atomic mass is 19.1. The molecule has 3 saturated heterocycles. The van der Waals surface area contributed by atoms with Crippen molar-refractivity contribution in [2.75, 3.05) is 37.7 Å². The van der Waals surface area contributed by atoms with Gasteiger partial charge < -0.3 is 14.5 Å². The lowest BCUT2D eigenvalue weighted by atomic mass is 9.86. The number of piperazine rings is 1. The van der Waals surface area contributed by atoms with Gasteiger partial charge in [0, 0.05) is 62.5 Å². The van der Waals surface area contributed by atoms with E-state index in [0.29, 0.717) is 37.8 Å². The number of ether oxygens (including phenoxy) is 1. The number of hydrogen-bond donors (Lipinski definition) is 0. The van der Waals surface area contributed by atoms with Crippen LogP contribution in [-0.2, 0) is 9.53 Å². The van der Waals surface area contributed by atoms with Crippen LogP contribution in [0.4, 0.5) is 14.5 Å². The van der Waals surface area contributed by atoms with Gasteiger partial charge in [0.25, 0.3) is 0 Å². The van der Waals surface area contributed by atoms with Crippen molar-refractivity contribution in [1.29, 1.82) is 0 Å². The van der Waals surface area contributed by atoms with Gasteiger partial charge in [0.1, 0.15) is 11.6 Å². The lowest BCUT2D eigenvalue weighted by Crippen LogP contribution is -2.59. The summed E-state index contributed by atoms with van der Waals surface area (Å²) in [5.74, 6) is -0.811. The van der Waals surface area contributed by atoms with Crippen LogP contribution in [-0.4, -0.2) is 72.7 Å². The molecule has 3 fully saturated rings. The molecule has 0 radical (unpaired) electrons. The number of benzene rings is 2. The molecule has 1 unspecified atom stereocenters. The molecule has 0 spiro atoms. The summed E-state index contributed by atoms with van der Waals surface area (Å²) in [6.07, 6.45) is 2.08. The highest BCUT2D eigenvalue weighted by molar-refractivity contribution is 5.81. The number of amides is 1.